The minimum Gasteiger partial charge on any atom is -0.367 e. The van der Waals surface area contributed by atoms with Crippen molar-refractivity contribution in [3.63, 3.8) is 0 Å². The van der Waals surface area contributed by atoms with Crippen molar-refractivity contribution < 1.29 is 4.52 Å². The number of nitrogen functional groups attached to an aromatic ring is 1. The summed E-state index contributed by atoms with van der Waals surface area (Å²) in [6.45, 7) is 6.20. The number of rotatable bonds is 2. The van der Waals surface area contributed by atoms with Crippen LogP contribution in [0.1, 0.15) is 23.7 Å². The van der Waals surface area contributed by atoms with E-state index < -0.39 is 0 Å². The first kappa shape index (κ1) is 10.7. The number of hydrogen-bond acceptors (Lipinski definition) is 3. The molecular weight excluding hydrogens is 200 g/mol. The molecule has 0 fully saturated rings. The topological polar surface area (TPSA) is 52.0 Å². The molecule has 2 rings (SSSR count). The Kier molecular flexibility index (Phi) is 2.69. The van der Waals surface area contributed by atoms with Crippen molar-refractivity contribution >= 4 is 5.88 Å². The number of hydrogen-bond donors (Lipinski definition) is 1. The Balaban J connectivity index is 2.62. The van der Waals surface area contributed by atoms with Crippen LogP contribution in [0.15, 0.2) is 22.7 Å². The zero-order chi connectivity index (χ0) is 11.7. The van der Waals surface area contributed by atoms with Gasteiger partial charge < -0.3 is 10.3 Å². The fraction of sp³-hybridized carbons (Fsp3) is 0.308. The summed E-state index contributed by atoms with van der Waals surface area (Å²) in [6.07, 6.45) is 0.823. The number of nitrogens with zero attached hydrogens (tertiary/aromatic N) is 1. The third-order valence-corrected chi connectivity index (χ3v) is 2.78. The van der Waals surface area contributed by atoms with Gasteiger partial charge in [-0.1, -0.05) is 35.8 Å². The fourth-order valence-corrected chi connectivity index (χ4v) is 1.96. The molecule has 1 aromatic carbocycles. The smallest absolute Gasteiger partial charge is 0.230 e. The molecule has 2 aromatic rings. The molecular formula is C13H16N2O. The molecule has 0 spiro atoms. The van der Waals surface area contributed by atoms with Crippen LogP contribution in [-0.4, -0.2) is 5.16 Å². The quantitative estimate of drug-likeness (QED) is 0.839. The number of anilines is 1. The summed E-state index contributed by atoms with van der Waals surface area (Å²) >= 11 is 0. The first-order valence-electron chi connectivity index (χ1n) is 5.45. The van der Waals surface area contributed by atoms with E-state index in [0.29, 0.717) is 5.88 Å². The van der Waals surface area contributed by atoms with E-state index in [2.05, 4.69) is 37.2 Å². The molecule has 0 atom stereocenters. The van der Waals surface area contributed by atoms with Crippen molar-refractivity contribution in [1.82, 2.24) is 5.16 Å². The third kappa shape index (κ3) is 1.69. The first-order valence-corrected chi connectivity index (χ1v) is 5.45. The van der Waals surface area contributed by atoms with Crippen LogP contribution < -0.4 is 5.73 Å². The van der Waals surface area contributed by atoms with E-state index in [-0.39, 0.29) is 0 Å². The number of nitrogens with two attached hydrogens (primary N) is 1. The average molecular weight is 216 g/mol. The molecule has 3 heteroatoms. The minimum atomic E-state index is 0.406. The highest BCUT2D eigenvalue weighted by Gasteiger charge is 2.15. The summed E-state index contributed by atoms with van der Waals surface area (Å²) in [5.74, 6) is 0.406. The first-order chi connectivity index (χ1) is 7.63. The van der Waals surface area contributed by atoms with Crippen molar-refractivity contribution in [3.05, 3.63) is 35.0 Å². The highest BCUT2D eigenvalue weighted by atomic mass is 16.5. The van der Waals surface area contributed by atoms with Gasteiger partial charge in [-0.2, -0.15) is 0 Å². The van der Waals surface area contributed by atoms with Crippen LogP contribution in [0.3, 0.4) is 0 Å². The predicted molar refractivity (Wildman–Crippen MR) is 65.2 cm³/mol. The Labute approximate surface area is 95.3 Å². The molecule has 84 valence electrons. The zero-order valence-electron chi connectivity index (χ0n) is 9.87. The molecule has 1 aromatic heterocycles. The maximum atomic E-state index is 5.83. The van der Waals surface area contributed by atoms with Crippen LogP contribution in [-0.2, 0) is 6.42 Å². The monoisotopic (exact) mass is 216 g/mol. The molecule has 0 bridgehead atoms. The second-order valence-corrected chi connectivity index (χ2v) is 4.04. The van der Waals surface area contributed by atoms with Gasteiger partial charge in [-0.15, -0.1) is 0 Å². The zero-order valence-corrected chi connectivity index (χ0v) is 9.87. The van der Waals surface area contributed by atoms with Crippen LogP contribution >= 0.6 is 0 Å². The van der Waals surface area contributed by atoms with Crippen LogP contribution in [0.2, 0.25) is 0 Å². The lowest BCUT2D eigenvalue weighted by Crippen LogP contribution is -1.92. The average Bonchev–Trinajstić information content (AvgIpc) is 2.60. The lowest BCUT2D eigenvalue weighted by atomic mass is 9.98. The van der Waals surface area contributed by atoms with Gasteiger partial charge in [0.25, 0.3) is 0 Å². The van der Waals surface area contributed by atoms with E-state index in [1.165, 1.54) is 11.1 Å². The van der Waals surface area contributed by atoms with Gasteiger partial charge in [0.2, 0.25) is 5.88 Å². The largest absolute Gasteiger partial charge is 0.367 e. The number of benzene rings is 1. The molecule has 1 heterocycles. The molecule has 2 N–H and O–H groups in total. The molecule has 0 aliphatic heterocycles. The Morgan fingerprint density at radius 1 is 1.31 bits per heavy atom. The molecule has 0 amide bonds. The van der Waals surface area contributed by atoms with Gasteiger partial charge in [-0.05, 0) is 31.4 Å². The second-order valence-electron chi connectivity index (χ2n) is 4.04. The van der Waals surface area contributed by atoms with E-state index in [0.717, 1.165) is 23.2 Å². The summed E-state index contributed by atoms with van der Waals surface area (Å²) in [5, 5.41) is 3.97. The van der Waals surface area contributed by atoms with Gasteiger partial charge in [0.05, 0.1) is 11.3 Å². The summed E-state index contributed by atoms with van der Waals surface area (Å²) in [4.78, 5) is 0. The number of aromatic nitrogens is 1. The van der Waals surface area contributed by atoms with E-state index >= 15 is 0 Å². The normalized spacial score (nSPS) is 10.7. The Bertz CT molecular complexity index is 515. The molecule has 0 unspecified atom stereocenters. The molecule has 16 heavy (non-hydrogen) atoms. The van der Waals surface area contributed by atoms with Gasteiger partial charge in [0, 0.05) is 0 Å². The van der Waals surface area contributed by atoms with Crippen molar-refractivity contribution in [2.24, 2.45) is 0 Å². The van der Waals surface area contributed by atoms with Gasteiger partial charge in [0.1, 0.15) is 0 Å². The molecule has 0 radical (unpaired) electrons. The maximum Gasteiger partial charge on any atom is 0.230 e. The predicted octanol–water partition coefficient (Wildman–Crippen LogP) is 3.10. The van der Waals surface area contributed by atoms with E-state index in [1.807, 2.05) is 6.92 Å². The highest BCUT2D eigenvalue weighted by Crippen LogP contribution is 2.32. The molecule has 0 aliphatic rings. The van der Waals surface area contributed by atoms with Crippen LogP contribution in [0.25, 0.3) is 11.1 Å². The van der Waals surface area contributed by atoms with Crippen molar-refractivity contribution in [2.45, 2.75) is 27.2 Å². The third-order valence-electron chi connectivity index (χ3n) is 2.78. The van der Waals surface area contributed by atoms with Gasteiger partial charge in [-0.25, -0.2) is 0 Å². The molecule has 3 nitrogen and oxygen atoms in total. The molecule has 0 saturated heterocycles. The van der Waals surface area contributed by atoms with E-state index in [1.54, 1.807) is 0 Å². The van der Waals surface area contributed by atoms with E-state index in [4.69, 9.17) is 10.3 Å². The number of aryl methyl sites for hydroxylation is 3. The van der Waals surface area contributed by atoms with Gasteiger partial charge >= 0.3 is 0 Å². The second kappa shape index (κ2) is 4.00. The summed E-state index contributed by atoms with van der Waals surface area (Å²) in [5.41, 5.74) is 11.2. The summed E-state index contributed by atoms with van der Waals surface area (Å²) in [6, 6.07) is 6.29. The van der Waals surface area contributed by atoms with Crippen LogP contribution in [0.4, 0.5) is 5.88 Å². The Hall–Kier alpha value is -1.77. The SMILES string of the molecule is CCc1noc(N)c1-c1ccc(C)cc1C. The highest BCUT2D eigenvalue weighted by molar-refractivity contribution is 5.77. The summed E-state index contributed by atoms with van der Waals surface area (Å²) < 4.78 is 5.05. The lowest BCUT2D eigenvalue weighted by molar-refractivity contribution is 0.428. The van der Waals surface area contributed by atoms with Crippen molar-refractivity contribution in [1.29, 1.82) is 0 Å². The van der Waals surface area contributed by atoms with E-state index in [9.17, 15) is 0 Å². The van der Waals surface area contributed by atoms with Crippen molar-refractivity contribution in [3.8, 4) is 11.1 Å². The van der Waals surface area contributed by atoms with Gasteiger partial charge in [0.15, 0.2) is 0 Å². The van der Waals surface area contributed by atoms with Crippen LogP contribution in [0.5, 0.6) is 0 Å². The Morgan fingerprint density at radius 2 is 2.06 bits per heavy atom. The van der Waals surface area contributed by atoms with Gasteiger partial charge in [-0.3, -0.25) is 0 Å². The van der Waals surface area contributed by atoms with Crippen molar-refractivity contribution in [2.75, 3.05) is 5.73 Å². The fourth-order valence-electron chi connectivity index (χ4n) is 1.96. The maximum absolute atomic E-state index is 5.83. The Morgan fingerprint density at radius 3 is 2.69 bits per heavy atom. The lowest BCUT2D eigenvalue weighted by Gasteiger charge is -2.06. The van der Waals surface area contributed by atoms with Crippen LogP contribution in [0, 0.1) is 13.8 Å². The standard InChI is InChI=1S/C13H16N2O/c1-4-11-12(13(14)16-15-11)10-6-5-8(2)7-9(10)3/h5-7H,4,14H2,1-3H3. The molecule has 0 saturated carbocycles. The minimum absolute atomic E-state index is 0.406. The molecule has 0 aliphatic carbocycles. The summed E-state index contributed by atoms with van der Waals surface area (Å²) in [7, 11) is 0.